The fraction of sp³-hybridized carbons (Fsp3) is 0.889. The molecular formula is C18H33N3O2. The van der Waals surface area contributed by atoms with Crippen molar-refractivity contribution >= 4 is 11.8 Å². The maximum Gasteiger partial charge on any atom is 0.242 e. The molecule has 2 N–H and O–H groups in total. The first-order valence-electron chi connectivity index (χ1n) is 9.37. The van der Waals surface area contributed by atoms with Gasteiger partial charge in [0, 0.05) is 19.0 Å². The van der Waals surface area contributed by atoms with E-state index < -0.39 is 6.04 Å². The molecule has 2 amide bonds. The molecule has 1 heterocycles. The predicted octanol–water partition coefficient (Wildman–Crippen LogP) is 2.06. The molecule has 1 saturated carbocycles. The van der Waals surface area contributed by atoms with Crippen molar-refractivity contribution in [3.05, 3.63) is 0 Å². The monoisotopic (exact) mass is 323 g/mol. The lowest BCUT2D eigenvalue weighted by atomic mass is 9.87. The van der Waals surface area contributed by atoms with Crippen LogP contribution in [0.1, 0.15) is 65.2 Å². The second kappa shape index (κ2) is 9.26. The zero-order valence-electron chi connectivity index (χ0n) is 14.8. The van der Waals surface area contributed by atoms with E-state index >= 15 is 0 Å². The first kappa shape index (κ1) is 18.2. The summed E-state index contributed by atoms with van der Waals surface area (Å²) in [7, 11) is 0. The molecule has 0 aromatic carbocycles. The number of rotatable bonds is 7. The number of carbonyl (C=O) groups is 2. The number of nitrogens with zero attached hydrogens (tertiary/aromatic N) is 1. The van der Waals surface area contributed by atoms with Gasteiger partial charge < -0.3 is 10.6 Å². The molecule has 2 fully saturated rings. The Kier molecular flexibility index (Phi) is 7.34. The SMILES string of the molecule is C[C@H](CNC(=O)[C@@H](C)NC(=O)CC1CCCCC1)N1CCCC1. The summed E-state index contributed by atoms with van der Waals surface area (Å²) in [5.74, 6) is 0.453. The summed E-state index contributed by atoms with van der Waals surface area (Å²) in [4.78, 5) is 26.6. The number of hydrogen-bond acceptors (Lipinski definition) is 3. The van der Waals surface area contributed by atoms with Crippen molar-refractivity contribution < 1.29 is 9.59 Å². The third-order valence-electron chi connectivity index (χ3n) is 5.31. The summed E-state index contributed by atoms with van der Waals surface area (Å²) in [6, 6.07) is -0.0801. The van der Waals surface area contributed by atoms with Crippen LogP contribution in [0.3, 0.4) is 0 Å². The molecule has 2 atom stereocenters. The van der Waals surface area contributed by atoms with E-state index in [2.05, 4.69) is 22.5 Å². The number of hydrogen-bond donors (Lipinski definition) is 2. The summed E-state index contributed by atoms with van der Waals surface area (Å²) < 4.78 is 0. The Balaban J connectivity index is 1.64. The molecule has 0 bridgehead atoms. The Hall–Kier alpha value is -1.10. The standard InChI is InChI=1S/C18H33N3O2/c1-14(21-10-6-7-11-21)13-19-18(23)15(2)20-17(22)12-16-8-4-3-5-9-16/h14-16H,3-13H2,1-2H3,(H,19,23)(H,20,22)/t14-,15-/m1/s1. The average Bonchev–Trinajstić information content (AvgIpc) is 3.07. The summed E-state index contributed by atoms with van der Waals surface area (Å²) in [6.07, 6.45) is 9.17. The number of likely N-dealkylation sites (tertiary alicyclic amines) is 1. The van der Waals surface area contributed by atoms with Gasteiger partial charge >= 0.3 is 0 Å². The summed E-state index contributed by atoms with van der Waals surface area (Å²) in [5.41, 5.74) is 0. The zero-order chi connectivity index (χ0) is 16.7. The Morgan fingerprint density at radius 3 is 2.35 bits per heavy atom. The summed E-state index contributed by atoms with van der Waals surface area (Å²) in [6.45, 7) is 6.84. The van der Waals surface area contributed by atoms with Crippen LogP contribution in [-0.2, 0) is 9.59 Å². The van der Waals surface area contributed by atoms with Crippen molar-refractivity contribution in [2.24, 2.45) is 5.92 Å². The van der Waals surface area contributed by atoms with Crippen LogP contribution in [0.4, 0.5) is 0 Å². The van der Waals surface area contributed by atoms with E-state index in [1.807, 2.05) is 0 Å². The van der Waals surface area contributed by atoms with Crippen LogP contribution in [0.25, 0.3) is 0 Å². The van der Waals surface area contributed by atoms with Crippen molar-refractivity contribution in [2.75, 3.05) is 19.6 Å². The van der Waals surface area contributed by atoms with Crippen LogP contribution < -0.4 is 10.6 Å². The molecule has 0 unspecified atom stereocenters. The van der Waals surface area contributed by atoms with Gasteiger partial charge in [-0.2, -0.15) is 0 Å². The Bertz CT molecular complexity index is 388. The normalized spacial score (nSPS) is 22.5. The highest BCUT2D eigenvalue weighted by Gasteiger charge is 2.22. The predicted molar refractivity (Wildman–Crippen MR) is 92.1 cm³/mol. The van der Waals surface area contributed by atoms with E-state index in [0.29, 0.717) is 24.9 Å². The Labute approximate surface area is 140 Å². The first-order valence-corrected chi connectivity index (χ1v) is 9.37. The maximum atomic E-state index is 12.1. The molecule has 0 spiro atoms. The molecule has 0 aromatic rings. The van der Waals surface area contributed by atoms with Crippen LogP contribution in [0.15, 0.2) is 0 Å². The molecule has 5 nitrogen and oxygen atoms in total. The largest absolute Gasteiger partial charge is 0.353 e. The van der Waals surface area contributed by atoms with Gasteiger partial charge in [-0.15, -0.1) is 0 Å². The van der Waals surface area contributed by atoms with Crippen LogP contribution in [-0.4, -0.2) is 48.4 Å². The third kappa shape index (κ3) is 6.13. The van der Waals surface area contributed by atoms with Gasteiger partial charge in [-0.05, 0) is 58.5 Å². The van der Waals surface area contributed by atoms with E-state index in [1.54, 1.807) is 6.92 Å². The molecule has 2 aliphatic rings. The molecule has 0 aromatic heterocycles. The van der Waals surface area contributed by atoms with Crippen LogP contribution in [0.5, 0.6) is 0 Å². The number of amides is 2. The third-order valence-corrected chi connectivity index (χ3v) is 5.31. The summed E-state index contributed by atoms with van der Waals surface area (Å²) in [5, 5.41) is 5.83. The quantitative estimate of drug-likeness (QED) is 0.754. The highest BCUT2D eigenvalue weighted by molar-refractivity contribution is 5.87. The number of nitrogens with one attached hydrogen (secondary N) is 2. The van der Waals surface area contributed by atoms with Gasteiger partial charge in [0.1, 0.15) is 6.04 Å². The molecule has 1 aliphatic heterocycles. The average molecular weight is 323 g/mol. The Morgan fingerprint density at radius 1 is 1.04 bits per heavy atom. The smallest absolute Gasteiger partial charge is 0.242 e. The fourth-order valence-corrected chi connectivity index (χ4v) is 3.73. The van der Waals surface area contributed by atoms with Gasteiger partial charge in [0.2, 0.25) is 11.8 Å². The molecule has 132 valence electrons. The molecule has 23 heavy (non-hydrogen) atoms. The van der Waals surface area contributed by atoms with Gasteiger partial charge in [0.15, 0.2) is 0 Å². The van der Waals surface area contributed by atoms with Crippen LogP contribution in [0, 0.1) is 5.92 Å². The van der Waals surface area contributed by atoms with E-state index in [0.717, 1.165) is 25.9 Å². The fourth-order valence-electron chi connectivity index (χ4n) is 3.73. The van der Waals surface area contributed by atoms with Crippen LogP contribution in [0.2, 0.25) is 0 Å². The first-order chi connectivity index (χ1) is 11.1. The van der Waals surface area contributed by atoms with Crippen molar-refractivity contribution in [3.63, 3.8) is 0 Å². The van der Waals surface area contributed by atoms with E-state index in [9.17, 15) is 9.59 Å². The minimum absolute atomic E-state index is 0.0205. The number of carbonyl (C=O) groups excluding carboxylic acids is 2. The molecule has 5 heteroatoms. The van der Waals surface area contributed by atoms with Crippen molar-refractivity contribution in [1.29, 1.82) is 0 Å². The zero-order valence-corrected chi connectivity index (χ0v) is 14.8. The topological polar surface area (TPSA) is 61.4 Å². The second-order valence-electron chi connectivity index (χ2n) is 7.33. The minimum atomic E-state index is -0.447. The van der Waals surface area contributed by atoms with Gasteiger partial charge in [-0.3, -0.25) is 14.5 Å². The molecular weight excluding hydrogens is 290 g/mol. The van der Waals surface area contributed by atoms with E-state index in [1.165, 1.54) is 32.1 Å². The lowest BCUT2D eigenvalue weighted by Crippen LogP contribution is -2.48. The molecule has 1 aliphatic carbocycles. The highest BCUT2D eigenvalue weighted by Crippen LogP contribution is 2.26. The maximum absolute atomic E-state index is 12.1. The molecule has 1 saturated heterocycles. The van der Waals surface area contributed by atoms with E-state index in [-0.39, 0.29) is 11.8 Å². The van der Waals surface area contributed by atoms with Gasteiger partial charge in [-0.1, -0.05) is 19.3 Å². The van der Waals surface area contributed by atoms with Gasteiger partial charge in [0.05, 0.1) is 0 Å². The lowest BCUT2D eigenvalue weighted by molar-refractivity contribution is -0.129. The lowest BCUT2D eigenvalue weighted by Gasteiger charge is -2.25. The molecule has 2 rings (SSSR count). The van der Waals surface area contributed by atoms with Crippen molar-refractivity contribution in [1.82, 2.24) is 15.5 Å². The van der Waals surface area contributed by atoms with Crippen molar-refractivity contribution in [3.8, 4) is 0 Å². The minimum Gasteiger partial charge on any atom is -0.353 e. The highest BCUT2D eigenvalue weighted by atomic mass is 16.2. The van der Waals surface area contributed by atoms with Gasteiger partial charge in [0.25, 0.3) is 0 Å². The van der Waals surface area contributed by atoms with Crippen LogP contribution >= 0.6 is 0 Å². The second-order valence-corrected chi connectivity index (χ2v) is 7.33. The van der Waals surface area contributed by atoms with E-state index in [4.69, 9.17) is 0 Å². The van der Waals surface area contributed by atoms with Crippen molar-refractivity contribution in [2.45, 2.75) is 77.3 Å². The summed E-state index contributed by atoms with van der Waals surface area (Å²) >= 11 is 0. The molecule has 0 radical (unpaired) electrons. The Morgan fingerprint density at radius 2 is 1.70 bits per heavy atom. The van der Waals surface area contributed by atoms with Gasteiger partial charge in [-0.25, -0.2) is 0 Å².